The van der Waals surface area contributed by atoms with E-state index >= 15 is 0 Å². The van der Waals surface area contributed by atoms with Crippen molar-refractivity contribution in [1.29, 1.82) is 0 Å². The Bertz CT molecular complexity index is 652. The van der Waals surface area contributed by atoms with E-state index in [2.05, 4.69) is 34.6 Å². The summed E-state index contributed by atoms with van der Waals surface area (Å²) in [6.45, 7) is 11.9. The highest BCUT2D eigenvalue weighted by atomic mass is 16.8. The van der Waals surface area contributed by atoms with Gasteiger partial charge in [-0.15, -0.1) is 0 Å². The van der Waals surface area contributed by atoms with E-state index in [0.717, 1.165) is 25.4 Å². The summed E-state index contributed by atoms with van der Waals surface area (Å²) >= 11 is 0. The van der Waals surface area contributed by atoms with Gasteiger partial charge in [-0.1, -0.05) is 20.8 Å². The minimum Gasteiger partial charge on any atom is -0.347 e. The molecule has 4 saturated carbocycles. The topological polar surface area (TPSA) is 35.5 Å². The Kier molecular flexibility index (Phi) is 3.36. The number of carbonyl (C=O) groups is 1. The summed E-state index contributed by atoms with van der Waals surface area (Å²) in [5.74, 6) is 2.05. The van der Waals surface area contributed by atoms with Crippen LogP contribution in [0.2, 0.25) is 0 Å². The van der Waals surface area contributed by atoms with Crippen LogP contribution in [0.25, 0.3) is 0 Å². The van der Waals surface area contributed by atoms with Crippen molar-refractivity contribution in [2.45, 2.75) is 97.4 Å². The van der Waals surface area contributed by atoms with Crippen LogP contribution in [0, 0.1) is 34.0 Å². The Morgan fingerprint density at radius 2 is 1.73 bits per heavy atom. The van der Waals surface area contributed by atoms with Crippen molar-refractivity contribution in [3.63, 3.8) is 0 Å². The zero-order valence-electron chi connectivity index (χ0n) is 17.3. The Morgan fingerprint density at radius 1 is 0.962 bits per heavy atom. The highest BCUT2D eigenvalue weighted by Crippen LogP contribution is 2.73. The minimum atomic E-state index is -0.427. The predicted molar refractivity (Wildman–Crippen MR) is 101 cm³/mol. The van der Waals surface area contributed by atoms with Crippen molar-refractivity contribution >= 4 is 5.78 Å². The van der Waals surface area contributed by atoms with Crippen molar-refractivity contribution < 1.29 is 14.3 Å². The highest BCUT2D eigenvalue weighted by molar-refractivity contribution is 5.85. The first-order chi connectivity index (χ1) is 12.0. The zero-order valence-corrected chi connectivity index (χ0v) is 17.3. The van der Waals surface area contributed by atoms with E-state index in [1.165, 1.54) is 38.5 Å². The van der Waals surface area contributed by atoms with Gasteiger partial charge in [0.05, 0.1) is 12.2 Å². The molecule has 1 aliphatic heterocycles. The second-order valence-corrected chi connectivity index (χ2v) is 11.7. The summed E-state index contributed by atoms with van der Waals surface area (Å²) < 4.78 is 12.7. The van der Waals surface area contributed by atoms with E-state index in [1.807, 2.05) is 0 Å². The molecule has 3 heteroatoms. The summed E-state index contributed by atoms with van der Waals surface area (Å²) in [5.41, 5.74) is 0.563. The molecule has 0 aromatic heterocycles. The lowest BCUT2D eigenvalue weighted by Crippen LogP contribution is -2.58. The molecule has 3 nitrogen and oxygen atoms in total. The molecule has 1 saturated heterocycles. The Morgan fingerprint density at radius 3 is 2.42 bits per heavy atom. The van der Waals surface area contributed by atoms with Crippen LogP contribution < -0.4 is 0 Å². The molecule has 5 aliphatic rings. The van der Waals surface area contributed by atoms with Gasteiger partial charge in [-0.2, -0.15) is 0 Å². The molecule has 6 atom stereocenters. The second-order valence-electron chi connectivity index (χ2n) is 11.7. The molecule has 0 unspecified atom stereocenters. The third-order valence-corrected chi connectivity index (χ3v) is 9.71. The van der Waals surface area contributed by atoms with Gasteiger partial charge in [-0.25, -0.2) is 0 Å². The number of Topliss-reactive ketones (excluding diaryl/α,β-unsaturated/α-hetero) is 1. The first-order valence-electron chi connectivity index (χ1n) is 10.9. The normalized spacial score (nSPS) is 54.2. The number of fused-ring (bicyclic) bond motifs is 4. The maximum absolute atomic E-state index is 12.7. The van der Waals surface area contributed by atoms with Gasteiger partial charge in [0.25, 0.3) is 0 Å². The fourth-order valence-electron chi connectivity index (χ4n) is 8.76. The molecule has 0 N–H and O–H groups in total. The molecule has 2 bridgehead atoms. The Balaban J connectivity index is 1.51. The average molecular weight is 361 g/mol. The van der Waals surface area contributed by atoms with Gasteiger partial charge in [0.15, 0.2) is 5.79 Å². The fraction of sp³-hybridized carbons (Fsp3) is 0.957. The van der Waals surface area contributed by atoms with Crippen molar-refractivity contribution in [2.75, 3.05) is 6.61 Å². The quantitative estimate of drug-likeness (QED) is 0.601. The Hall–Kier alpha value is -0.410. The third kappa shape index (κ3) is 2.05. The van der Waals surface area contributed by atoms with E-state index in [0.29, 0.717) is 28.4 Å². The van der Waals surface area contributed by atoms with Crippen LogP contribution in [-0.4, -0.2) is 23.8 Å². The number of ketones is 1. The highest BCUT2D eigenvalue weighted by Gasteiger charge is 2.70. The molecule has 0 aromatic carbocycles. The molecular formula is C23H36O3. The van der Waals surface area contributed by atoms with E-state index in [-0.39, 0.29) is 11.0 Å². The number of hydrogen-bond acceptors (Lipinski definition) is 3. The molecule has 5 rings (SSSR count). The number of carbonyl (C=O) groups excluding carboxylic acids is 1. The van der Waals surface area contributed by atoms with Crippen molar-refractivity contribution in [3.8, 4) is 0 Å². The van der Waals surface area contributed by atoms with Crippen LogP contribution in [0.3, 0.4) is 0 Å². The van der Waals surface area contributed by atoms with E-state index in [9.17, 15) is 4.79 Å². The summed E-state index contributed by atoms with van der Waals surface area (Å²) in [6.07, 6.45) is 9.52. The van der Waals surface area contributed by atoms with Crippen LogP contribution in [0.15, 0.2) is 0 Å². The van der Waals surface area contributed by atoms with Crippen molar-refractivity contribution in [2.24, 2.45) is 34.0 Å². The summed E-state index contributed by atoms with van der Waals surface area (Å²) in [4.78, 5) is 12.7. The van der Waals surface area contributed by atoms with Crippen LogP contribution >= 0.6 is 0 Å². The zero-order chi connectivity index (χ0) is 18.6. The van der Waals surface area contributed by atoms with Gasteiger partial charge in [0.2, 0.25) is 0 Å². The van der Waals surface area contributed by atoms with Gasteiger partial charge in [-0.05, 0) is 87.4 Å². The largest absolute Gasteiger partial charge is 0.347 e. The molecule has 26 heavy (non-hydrogen) atoms. The van der Waals surface area contributed by atoms with Crippen molar-refractivity contribution in [1.82, 2.24) is 0 Å². The molecule has 0 amide bonds. The third-order valence-electron chi connectivity index (χ3n) is 9.71. The van der Waals surface area contributed by atoms with Crippen LogP contribution in [-0.2, 0) is 14.3 Å². The SMILES string of the molecule is CC1(C)OC[C@]2(C[C@]34CC[C@H]5C(C)(C)C(=O)CC[C@]5(C)[C@H]3CC[C@H]2C4)O1. The Labute approximate surface area is 158 Å². The lowest BCUT2D eigenvalue weighted by Gasteiger charge is -2.63. The monoisotopic (exact) mass is 360 g/mol. The number of ether oxygens (including phenoxy) is 2. The molecule has 5 fully saturated rings. The second kappa shape index (κ2) is 4.95. The molecular weight excluding hydrogens is 324 g/mol. The van der Waals surface area contributed by atoms with E-state index < -0.39 is 5.79 Å². The molecule has 0 aromatic rings. The first kappa shape index (κ1) is 17.7. The van der Waals surface area contributed by atoms with E-state index in [4.69, 9.17) is 9.47 Å². The predicted octanol–water partition coefficient (Wildman–Crippen LogP) is 5.12. The molecule has 146 valence electrons. The van der Waals surface area contributed by atoms with Crippen LogP contribution in [0.1, 0.15) is 86.0 Å². The summed E-state index contributed by atoms with van der Waals surface area (Å²) in [7, 11) is 0. The summed E-state index contributed by atoms with van der Waals surface area (Å²) in [6, 6.07) is 0. The smallest absolute Gasteiger partial charge is 0.163 e. The van der Waals surface area contributed by atoms with Gasteiger partial charge in [-0.3, -0.25) is 4.79 Å². The number of hydrogen-bond donors (Lipinski definition) is 0. The van der Waals surface area contributed by atoms with Gasteiger partial charge < -0.3 is 9.47 Å². The van der Waals surface area contributed by atoms with E-state index in [1.54, 1.807) is 0 Å². The first-order valence-corrected chi connectivity index (χ1v) is 10.9. The standard InChI is InChI=1S/C23H36O3/c1-19(2)16-8-11-22-12-15(23(13-22)14-25-20(3,4)26-23)6-7-17(22)21(16,5)10-9-18(19)24/h15-17H,6-14H2,1-5H3/t15-,16-,17+,21-,22+,23-/m0/s1. The minimum absolute atomic E-state index is 0.0402. The van der Waals surface area contributed by atoms with Gasteiger partial charge in [0.1, 0.15) is 5.78 Å². The fourth-order valence-corrected chi connectivity index (χ4v) is 8.76. The maximum Gasteiger partial charge on any atom is 0.163 e. The molecule has 4 aliphatic carbocycles. The lowest BCUT2D eigenvalue weighted by atomic mass is 9.41. The summed E-state index contributed by atoms with van der Waals surface area (Å²) in [5, 5.41) is 0. The number of rotatable bonds is 0. The average Bonchev–Trinajstić information content (AvgIpc) is 2.97. The van der Waals surface area contributed by atoms with Gasteiger partial charge in [0, 0.05) is 11.8 Å². The molecule has 0 radical (unpaired) electrons. The van der Waals surface area contributed by atoms with Crippen LogP contribution in [0.4, 0.5) is 0 Å². The van der Waals surface area contributed by atoms with Gasteiger partial charge >= 0.3 is 0 Å². The molecule has 2 spiro atoms. The maximum atomic E-state index is 12.7. The van der Waals surface area contributed by atoms with Crippen molar-refractivity contribution in [3.05, 3.63) is 0 Å². The van der Waals surface area contributed by atoms with Crippen LogP contribution in [0.5, 0.6) is 0 Å². The molecule has 1 heterocycles. The lowest BCUT2D eigenvalue weighted by molar-refractivity contribution is -0.172.